The van der Waals surface area contributed by atoms with Crippen molar-refractivity contribution < 1.29 is 4.52 Å². The van der Waals surface area contributed by atoms with Gasteiger partial charge in [-0.2, -0.15) is 0 Å². The Morgan fingerprint density at radius 1 is 1.40 bits per heavy atom. The van der Waals surface area contributed by atoms with Gasteiger partial charge in [0.25, 0.3) is 0 Å². The lowest BCUT2D eigenvalue weighted by Crippen LogP contribution is -2.57. The van der Waals surface area contributed by atoms with Gasteiger partial charge in [0, 0.05) is 36.8 Å². The van der Waals surface area contributed by atoms with E-state index in [9.17, 15) is 0 Å². The first-order chi connectivity index (χ1) is 9.61. The molecule has 0 bridgehead atoms. The first-order valence-corrected chi connectivity index (χ1v) is 8.03. The van der Waals surface area contributed by atoms with Crippen LogP contribution in [0.5, 0.6) is 0 Å². The highest BCUT2D eigenvalue weighted by Crippen LogP contribution is 2.37. The van der Waals surface area contributed by atoms with Crippen LogP contribution in [0.25, 0.3) is 0 Å². The van der Waals surface area contributed by atoms with Gasteiger partial charge in [-0.15, -0.1) is 0 Å². The summed E-state index contributed by atoms with van der Waals surface area (Å²) in [6, 6.07) is 1.70. The highest BCUT2D eigenvalue weighted by Gasteiger charge is 2.39. The van der Waals surface area contributed by atoms with Crippen molar-refractivity contribution in [3.05, 3.63) is 17.0 Å². The Morgan fingerprint density at radius 3 is 2.70 bits per heavy atom. The van der Waals surface area contributed by atoms with E-state index in [-0.39, 0.29) is 0 Å². The average Bonchev–Trinajstić information content (AvgIpc) is 3.24. The molecule has 112 valence electrons. The number of aromatic nitrogens is 1. The van der Waals surface area contributed by atoms with Crippen molar-refractivity contribution in [2.24, 2.45) is 5.92 Å². The smallest absolute Gasteiger partial charge is 0.138 e. The summed E-state index contributed by atoms with van der Waals surface area (Å²) in [5.74, 6) is 1.89. The molecule has 1 aromatic heterocycles. The molecule has 2 aliphatic rings. The van der Waals surface area contributed by atoms with Crippen molar-refractivity contribution in [1.82, 2.24) is 15.4 Å². The third kappa shape index (κ3) is 2.51. The topological polar surface area (TPSA) is 41.3 Å². The van der Waals surface area contributed by atoms with Crippen molar-refractivity contribution in [2.45, 2.75) is 65.1 Å². The molecule has 4 nitrogen and oxygen atoms in total. The van der Waals surface area contributed by atoms with Crippen LogP contribution in [0.15, 0.2) is 4.52 Å². The quantitative estimate of drug-likeness (QED) is 0.919. The van der Waals surface area contributed by atoms with Crippen molar-refractivity contribution >= 4 is 0 Å². The van der Waals surface area contributed by atoms with E-state index in [0.717, 1.165) is 30.5 Å². The maximum absolute atomic E-state index is 5.37. The van der Waals surface area contributed by atoms with Gasteiger partial charge in [-0.1, -0.05) is 12.1 Å². The molecule has 1 N–H and O–H groups in total. The van der Waals surface area contributed by atoms with Gasteiger partial charge < -0.3 is 9.84 Å². The molecule has 2 fully saturated rings. The second kappa shape index (κ2) is 5.49. The summed E-state index contributed by atoms with van der Waals surface area (Å²) in [5.41, 5.74) is 2.34. The molecule has 3 rings (SSSR count). The third-order valence-electron chi connectivity index (χ3n) is 5.16. The number of piperazine rings is 1. The number of rotatable bonds is 4. The summed E-state index contributed by atoms with van der Waals surface area (Å²) in [7, 11) is 0. The third-order valence-corrected chi connectivity index (χ3v) is 5.16. The van der Waals surface area contributed by atoms with Gasteiger partial charge in [0.1, 0.15) is 5.76 Å². The first kappa shape index (κ1) is 14.1. The standard InChI is InChI=1S/C16H27N3O/c1-5-14-8-17-15(13-6-7-13)9-19(14)11(3)16-10(2)18-20-12(16)4/h11,13-15,17H,5-9H2,1-4H3. The minimum Gasteiger partial charge on any atom is -0.361 e. The number of nitrogens with one attached hydrogen (secondary N) is 1. The number of hydrogen-bond acceptors (Lipinski definition) is 4. The van der Waals surface area contributed by atoms with Gasteiger partial charge in [0.15, 0.2) is 0 Å². The van der Waals surface area contributed by atoms with E-state index in [1.54, 1.807) is 0 Å². The number of aryl methyl sites for hydroxylation is 2. The second-order valence-electron chi connectivity index (χ2n) is 6.52. The maximum Gasteiger partial charge on any atom is 0.138 e. The minimum atomic E-state index is 0.398. The van der Waals surface area contributed by atoms with Crippen LogP contribution in [0.3, 0.4) is 0 Å². The molecular formula is C16H27N3O. The van der Waals surface area contributed by atoms with Gasteiger partial charge in [-0.25, -0.2) is 0 Å². The van der Waals surface area contributed by atoms with Crippen molar-refractivity contribution in [3.8, 4) is 0 Å². The van der Waals surface area contributed by atoms with Crippen LogP contribution in [0.4, 0.5) is 0 Å². The molecule has 0 spiro atoms. The van der Waals surface area contributed by atoms with Crippen LogP contribution in [-0.4, -0.2) is 35.2 Å². The van der Waals surface area contributed by atoms with Crippen LogP contribution < -0.4 is 5.32 Å². The predicted octanol–water partition coefficient (Wildman–Crippen LogP) is 2.81. The Balaban J connectivity index is 1.80. The first-order valence-electron chi connectivity index (χ1n) is 8.03. The highest BCUT2D eigenvalue weighted by molar-refractivity contribution is 5.25. The lowest BCUT2D eigenvalue weighted by molar-refractivity contribution is 0.0794. The van der Waals surface area contributed by atoms with Crippen LogP contribution in [0, 0.1) is 19.8 Å². The molecule has 1 saturated heterocycles. The molecule has 1 saturated carbocycles. The van der Waals surface area contributed by atoms with Crippen molar-refractivity contribution in [1.29, 1.82) is 0 Å². The molecule has 3 unspecified atom stereocenters. The highest BCUT2D eigenvalue weighted by atomic mass is 16.5. The van der Waals surface area contributed by atoms with E-state index in [1.165, 1.54) is 24.8 Å². The van der Waals surface area contributed by atoms with Gasteiger partial charge in [-0.3, -0.25) is 4.90 Å². The Labute approximate surface area is 121 Å². The predicted molar refractivity (Wildman–Crippen MR) is 79.7 cm³/mol. The van der Waals surface area contributed by atoms with Gasteiger partial charge in [-0.05, 0) is 46.0 Å². The summed E-state index contributed by atoms with van der Waals surface area (Å²) in [6.45, 7) is 11.0. The molecule has 4 heteroatoms. The van der Waals surface area contributed by atoms with E-state index in [2.05, 4.69) is 36.1 Å². The molecule has 0 radical (unpaired) electrons. The zero-order chi connectivity index (χ0) is 14.3. The van der Waals surface area contributed by atoms with Crippen LogP contribution >= 0.6 is 0 Å². The number of hydrogen-bond donors (Lipinski definition) is 1. The molecule has 2 heterocycles. The van der Waals surface area contributed by atoms with E-state index < -0.39 is 0 Å². The Morgan fingerprint density at radius 2 is 2.15 bits per heavy atom. The zero-order valence-electron chi connectivity index (χ0n) is 13.1. The Hall–Kier alpha value is -0.870. The molecule has 1 aromatic rings. The van der Waals surface area contributed by atoms with Gasteiger partial charge >= 0.3 is 0 Å². The summed E-state index contributed by atoms with van der Waals surface area (Å²) in [4.78, 5) is 2.67. The molecule has 1 aliphatic carbocycles. The van der Waals surface area contributed by atoms with E-state index in [1.807, 2.05) is 6.92 Å². The lowest BCUT2D eigenvalue weighted by Gasteiger charge is -2.43. The van der Waals surface area contributed by atoms with Crippen LogP contribution in [0.1, 0.15) is 56.2 Å². The van der Waals surface area contributed by atoms with Crippen molar-refractivity contribution in [2.75, 3.05) is 13.1 Å². The maximum atomic E-state index is 5.37. The molecule has 20 heavy (non-hydrogen) atoms. The molecule has 0 amide bonds. The van der Waals surface area contributed by atoms with E-state index in [0.29, 0.717) is 18.1 Å². The van der Waals surface area contributed by atoms with E-state index in [4.69, 9.17) is 4.52 Å². The monoisotopic (exact) mass is 277 g/mol. The largest absolute Gasteiger partial charge is 0.361 e. The zero-order valence-corrected chi connectivity index (χ0v) is 13.1. The van der Waals surface area contributed by atoms with Crippen molar-refractivity contribution in [3.63, 3.8) is 0 Å². The van der Waals surface area contributed by atoms with E-state index >= 15 is 0 Å². The molecule has 1 aliphatic heterocycles. The Bertz CT molecular complexity index is 447. The summed E-state index contributed by atoms with van der Waals surface area (Å²) in [6.07, 6.45) is 4.00. The molecule has 0 aromatic carbocycles. The SMILES string of the molecule is CCC1CNC(C2CC2)CN1C(C)c1c(C)noc1C. The molecular weight excluding hydrogens is 250 g/mol. The normalized spacial score (nSPS) is 29.6. The number of nitrogens with zero attached hydrogens (tertiary/aromatic N) is 2. The fraction of sp³-hybridized carbons (Fsp3) is 0.812. The van der Waals surface area contributed by atoms with Crippen LogP contribution in [-0.2, 0) is 0 Å². The summed E-state index contributed by atoms with van der Waals surface area (Å²) >= 11 is 0. The fourth-order valence-electron chi connectivity index (χ4n) is 3.77. The Kier molecular flexibility index (Phi) is 3.87. The fourth-order valence-corrected chi connectivity index (χ4v) is 3.77. The van der Waals surface area contributed by atoms with Gasteiger partial charge in [0.05, 0.1) is 5.69 Å². The second-order valence-corrected chi connectivity index (χ2v) is 6.52. The van der Waals surface area contributed by atoms with Crippen LogP contribution in [0.2, 0.25) is 0 Å². The average molecular weight is 277 g/mol. The summed E-state index contributed by atoms with van der Waals surface area (Å²) in [5, 5.41) is 7.89. The summed E-state index contributed by atoms with van der Waals surface area (Å²) < 4.78 is 5.37. The van der Waals surface area contributed by atoms with Gasteiger partial charge in [0.2, 0.25) is 0 Å². The minimum absolute atomic E-state index is 0.398. The lowest BCUT2D eigenvalue weighted by atomic mass is 9.97. The molecule has 3 atom stereocenters.